The van der Waals surface area contributed by atoms with Crippen LogP contribution in [0.2, 0.25) is 0 Å². The third-order valence-corrected chi connectivity index (χ3v) is 5.40. The van der Waals surface area contributed by atoms with E-state index in [9.17, 15) is 4.79 Å². The number of aromatic nitrogens is 5. The van der Waals surface area contributed by atoms with E-state index >= 15 is 0 Å². The van der Waals surface area contributed by atoms with Crippen LogP contribution >= 0.6 is 0 Å². The molecule has 3 aromatic heterocycles. The first-order chi connectivity index (χ1) is 15.7. The van der Waals surface area contributed by atoms with E-state index in [0.29, 0.717) is 47.1 Å². The third-order valence-electron chi connectivity index (χ3n) is 5.40. The van der Waals surface area contributed by atoms with E-state index in [-0.39, 0.29) is 5.56 Å². The van der Waals surface area contributed by atoms with Gasteiger partial charge in [0.2, 0.25) is 0 Å². The van der Waals surface area contributed by atoms with E-state index in [2.05, 4.69) is 30.2 Å². The van der Waals surface area contributed by atoms with Gasteiger partial charge >= 0.3 is 0 Å². The number of methoxy groups -OCH3 is 2. The number of imidazole rings is 2. The Balaban J connectivity index is 1.69. The zero-order valence-corrected chi connectivity index (χ0v) is 17.7. The topological polar surface area (TPSA) is 121 Å². The zero-order valence-electron chi connectivity index (χ0n) is 17.7. The van der Waals surface area contributed by atoms with Crippen molar-refractivity contribution < 1.29 is 9.47 Å². The molecule has 0 spiro atoms. The van der Waals surface area contributed by atoms with Crippen molar-refractivity contribution in [2.45, 2.75) is 6.42 Å². The van der Waals surface area contributed by atoms with Gasteiger partial charge in [-0.15, -0.1) is 0 Å². The summed E-state index contributed by atoms with van der Waals surface area (Å²) in [7, 11) is 3.15. The molecular weight excluding hydrogens is 408 g/mol. The molecule has 4 N–H and O–H groups in total. The second kappa shape index (κ2) is 8.10. The van der Waals surface area contributed by atoms with Crippen LogP contribution in [-0.4, -0.2) is 45.7 Å². The number of H-pyrrole nitrogens is 3. The van der Waals surface area contributed by atoms with Crippen molar-refractivity contribution >= 4 is 27.6 Å². The number of ether oxygens (including phenoxy) is 2. The van der Waals surface area contributed by atoms with Crippen LogP contribution in [0, 0.1) is 0 Å². The molecule has 2 aromatic carbocycles. The van der Waals surface area contributed by atoms with Gasteiger partial charge in [0.1, 0.15) is 11.4 Å². The fourth-order valence-electron chi connectivity index (χ4n) is 3.85. The summed E-state index contributed by atoms with van der Waals surface area (Å²) < 4.78 is 10.9. The van der Waals surface area contributed by atoms with Gasteiger partial charge in [-0.2, -0.15) is 0 Å². The molecule has 3 heterocycles. The number of pyridine rings is 1. The standard InChI is InChI=1S/C23H22N6O3/c1-31-18-9-14-17(10-19(18)32-2)29-23(30)20(21(14)25-8-7-13-11-24-12-26-13)22-27-15-5-3-4-6-16(15)28-22/h3-6,9-12H,7-8H2,1-2H3,(H,24,26)(H,27,28)(H2,25,29,30). The predicted molar refractivity (Wildman–Crippen MR) is 124 cm³/mol. The van der Waals surface area contributed by atoms with Crippen molar-refractivity contribution in [3.63, 3.8) is 0 Å². The first kappa shape index (κ1) is 19.7. The molecule has 0 bridgehead atoms. The van der Waals surface area contributed by atoms with Gasteiger partial charge in [0.15, 0.2) is 11.5 Å². The molecule has 0 atom stereocenters. The summed E-state index contributed by atoms with van der Waals surface area (Å²) in [6, 6.07) is 11.3. The largest absolute Gasteiger partial charge is 0.493 e. The van der Waals surface area contributed by atoms with Crippen LogP contribution in [0.1, 0.15) is 5.69 Å². The third kappa shape index (κ3) is 3.43. The van der Waals surface area contributed by atoms with Crippen LogP contribution in [0.15, 0.2) is 53.7 Å². The first-order valence-electron chi connectivity index (χ1n) is 10.2. The molecular formula is C23H22N6O3. The number of nitrogens with zero attached hydrogens (tertiary/aromatic N) is 2. The summed E-state index contributed by atoms with van der Waals surface area (Å²) in [5, 5.41) is 4.24. The summed E-state index contributed by atoms with van der Waals surface area (Å²) in [5.74, 6) is 1.60. The van der Waals surface area contributed by atoms with Crippen LogP contribution in [0.5, 0.6) is 11.5 Å². The number of para-hydroxylation sites is 2. The molecule has 0 radical (unpaired) electrons. The lowest BCUT2D eigenvalue weighted by Gasteiger charge is -2.16. The number of nitrogens with one attached hydrogen (secondary N) is 4. The highest BCUT2D eigenvalue weighted by molar-refractivity contribution is 6.00. The van der Waals surface area contributed by atoms with Gasteiger partial charge < -0.3 is 29.7 Å². The smallest absolute Gasteiger partial charge is 0.261 e. The van der Waals surface area contributed by atoms with Crippen molar-refractivity contribution in [2.24, 2.45) is 0 Å². The van der Waals surface area contributed by atoms with Gasteiger partial charge in [-0.3, -0.25) is 4.79 Å². The van der Waals surface area contributed by atoms with Crippen molar-refractivity contribution in [2.75, 3.05) is 26.1 Å². The van der Waals surface area contributed by atoms with E-state index < -0.39 is 0 Å². The highest BCUT2D eigenvalue weighted by atomic mass is 16.5. The van der Waals surface area contributed by atoms with E-state index in [1.54, 1.807) is 32.8 Å². The molecule has 0 amide bonds. The van der Waals surface area contributed by atoms with Gasteiger partial charge in [-0.1, -0.05) is 12.1 Å². The second-order valence-corrected chi connectivity index (χ2v) is 7.31. The minimum Gasteiger partial charge on any atom is -0.493 e. The zero-order chi connectivity index (χ0) is 22.1. The van der Waals surface area contributed by atoms with E-state index in [1.807, 2.05) is 30.3 Å². The lowest BCUT2D eigenvalue weighted by molar-refractivity contribution is 0.356. The minimum atomic E-state index is -0.257. The molecule has 0 aliphatic carbocycles. The summed E-state index contributed by atoms with van der Waals surface area (Å²) >= 11 is 0. The number of hydrogen-bond acceptors (Lipinski definition) is 6. The highest BCUT2D eigenvalue weighted by Crippen LogP contribution is 2.37. The van der Waals surface area contributed by atoms with Gasteiger partial charge in [0.05, 0.1) is 42.8 Å². The number of fused-ring (bicyclic) bond motifs is 2. The highest BCUT2D eigenvalue weighted by Gasteiger charge is 2.20. The number of anilines is 1. The maximum absolute atomic E-state index is 13.2. The first-order valence-corrected chi connectivity index (χ1v) is 10.2. The number of benzene rings is 2. The summed E-state index contributed by atoms with van der Waals surface area (Å²) in [6.07, 6.45) is 4.14. The molecule has 0 saturated heterocycles. The van der Waals surface area contributed by atoms with E-state index in [4.69, 9.17) is 9.47 Å². The summed E-state index contributed by atoms with van der Waals surface area (Å²) in [6.45, 7) is 0.586. The second-order valence-electron chi connectivity index (χ2n) is 7.31. The predicted octanol–water partition coefficient (Wildman–Crippen LogP) is 3.47. The Bertz CT molecular complexity index is 1420. The van der Waals surface area contributed by atoms with Gasteiger partial charge in [-0.05, 0) is 18.2 Å². The Morgan fingerprint density at radius 2 is 1.84 bits per heavy atom. The number of hydrogen-bond donors (Lipinski definition) is 4. The summed E-state index contributed by atoms with van der Waals surface area (Å²) in [4.78, 5) is 31.3. The monoisotopic (exact) mass is 430 g/mol. The molecule has 5 rings (SSSR count). The quantitative estimate of drug-likeness (QED) is 0.314. The average molecular weight is 430 g/mol. The molecule has 32 heavy (non-hydrogen) atoms. The van der Waals surface area contributed by atoms with Crippen LogP contribution < -0.4 is 20.3 Å². The normalized spacial score (nSPS) is 11.2. The van der Waals surface area contributed by atoms with Crippen molar-refractivity contribution in [1.82, 2.24) is 24.9 Å². The Morgan fingerprint density at radius 3 is 2.59 bits per heavy atom. The molecule has 0 fully saturated rings. The molecule has 0 aliphatic heterocycles. The van der Waals surface area contributed by atoms with Crippen LogP contribution in [0.25, 0.3) is 33.3 Å². The SMILES string of the molecule is COc1cc2[nH]c(=O)c(-c3nc4ccccc4[nH]3)c(NCCc3cnc[nH]3)c2cc1OC. The van der Waals surface area contributed by atoms with E-state index in [1.165, 1.54) is 0 Å². The molecule has 0 unspecified atom stereocenters. The Morgan fingerprint density at radius 1 is 1.03 bits per heavy atom. The average Bonchev–Trinajstić information content (AvgIpc) is 3.47. The van der Waals surface area contributed by atoms with Crippen LogP contribution in [0.3, 0.4) is 0 Å². The lowest BCUT2D eigenvalue weighted by atomic mass is 10.1. The van der Waals surface area contributed by atoms with Crippen molar-refractivity contribution in [3.8, 4) is 22.9 Å². The van der Waals surface area contributed by atoms with E-state index in [0.717, 1.165) is 22.1 Å². The maximum atomic E-state index is 13.2. The molecule has 0 aliphatic rings. The van der Waals surface area contributed by atoms with Crippen molar-refractivity contribution in [1.29, 1.82) is 0 Å². The molecule has 9 heteroatoms. The fourth-order valence-corrected chi connectivity index (χ4v) is 3.85. The van der Waals surface area contributed by atoms with Crippen LogP contribution in [0.4, 0.5) is 5.69 Å². The minimum absolute atomic E-state index is 0.257. The molecule has 9 nitrogen and oxygen atoms in total. The van der Waals surface area contributed by atoms with Gasteiger partial charge in [0, 0.05) is 36.3 Å². The Labute approximate surface area is 182 Å². The van der Waals surface area contributed by atoms with Crippen LogP contribution in [-0.2, 0) is 6.42 Å². The molecule has 0 saturated carbocycles. The summed E-state index contributed by atoms with van der Waals surface area (Å²) in [5.41, 5.74) is 4.13. The molecule has 162 valence electrons. The molecule has 5 aromatic rings. The number of aromatic amines is 3. The maximum Gasteiger partial charge on any atom is 0.261 e. The lowest BCUT2D eigenvalue weighted by Crippen LogP contribution is -2.16. The fraction of sp³-hybridized carbons (Fsp3) is 0.174. The van der Waals surface area contributed by atoms with Gasteiger partial charge in [0.25, 0.3) is 5.56 Å². The number of rotatable bonds is 7. The van der Waals surface area contributed by atoms with Crippen molar-refractivity contribution in [3.05, 3.63) is 65.0 Å². The Hall–Kier alpha value is -4.27. The van der Waals surface area contributed by atoms with Gasteiger partial charge in [-0.25, -0.2) is 9.97 Å². The Kier molecular flexibility index (Phi) is 4.98.